The van der Waals surface area contributed by atoms with Gasteiger partial charge in [0.2, 0.25) is 5.91 Å². The molecule has 1 amide bonds. The van der Waals surface area contributed by atoms with Gasteiger partial charge in [-0.3, -0.25) is 9.59 Å². The first-order valence-corrected chi connectivity index (χ1v) is 6.89. The summed E-state index contributed by atoms with van der Waals surface area (Å²) in [6.07, 6.45) is 4.61. The van der Waals surface area contributed by atoms with Gasteiger partial charge in [0.15, 0.2) is 0 Å². The van der Waals surface area contributed by atoms with Crippen LogP contribution in [0.4, 0.5) is 0 Å². The Labute approximate surface area is 107 Å². The molecule has 1 aliphatic carbocycles. The maximum Gasteiger partial charge on any atom is 0.306 e. The number of hydrogen-bond acceptors (Lipinski definition) is 3. The van der Waals surface area contributed by atoms with E-state index in [-0.39, 0.29) is 23.7 Å². The van der Waals surface area contributed by atoms with Crippen LogP contribution >= 0.6 is 0 Å². The molecule has 3 N–H and O–H groups in total. The van der Waals surface area contributed by atoms with Crippen LogP contribution in [0.2, 0.25) is 0 Å². The number of aliphatic carboxylic acids is 1. The number of piperidine rings is 1. The summed E-state index contributed by atoms with van der Waals surface area (Å²) in [6.45, 7) is 2.26. The van der Waals surface area contributed by atoms with Crippen LogP contribution in [0.15, 0.2) is 0 Å². The molecule has 3 unspecified atom stereocenters. The zero-order valence-corrected chi connectivity index (χ0v) is 10.7. The van der Waals surface area contributed by atoms with Gasteiger partial charge in [0.05, 0.1) is 11.8 Å². The van der Waals surface area contributed by atoms with Gasteiger partial charge in [0.25, 0.3) is 0 Å². The molecule has 3 atom stereocenters. The molecule has 1 saturated heterocycles. The quantitative estimate of drug-likeness (QED) is 0.686. The Morgan fingerprint density at radius 2 is 2.06 bits per heavy atom. The Morgan fingerprint density at radius 1 is 1.22 bits per heavy atom. The van der Waals surface area contributed by atoms with Gasteiger partial charge in [-0.2, -0.15) is 0 Å². The first-order chi connectivity index (χ1) is 8.68. The number of rotatable bonds is 4. The van der Waals surface area contributed by atoms with Crippen LogP contribution in [0.5, 0.6) is 0 Å². The van der Waals surface area contributed by atoms with E-state index in [1.807, 2.05) is 0 Å². The third-order valence-electron chi connectivity index (χ3n) is 4.18. The summed E-state index contributed by atoms with van der Waals surface area (Å²) in [5.41, 5.74) is 0. The topological polar surface area (TPSA) is 78.4 Å². The van der Waals surface area contributed by atoms with Crippen molar-refractivity contribution in [2.75, 3.05) is 19.6 Å². The van der Waals surface area contributed by atoms with Crippen LogP contribution in [0.1, 0.15) is 32.1 Å². The van der Waals surface area contributed by atoms with Crippen LogP contribution in [0.25, 0.3) is 0 Å². The van der Waals surface area contributed by atoms with Crippen LogP contribution in [-0.2, 0) is 9.59 Å². The van der Waals surface area contributed by atoms with Gasteiger partial charge in [-0.1, -0.05) is 6.42 Å². The van der Waals surface area contributed by atoms with Gasteiger partial charge in [-0.25, -0.2) is 0 Å². The van der Waals surface area contributed by atoms with E-state index in [4.69, 9.17) is 5.11 Å². The molecule has 2 aliphatic rings. The largest absolute Gasteiger partial charge is 0.481 e. The minimum absolute atomic E-state index is 0.0587. The average molecular weight is 254 g/mol. The van der Waals surface area contributed by atoms with Gasteiger partial charge in [-0.05, 0) is 38.1 Å². The molecule has 1 aliphatic heterocycles. The zero-order valence-electron chi connectivity index (χ0n) is 10.7. The molecular weight excluding hydrogens is 232 g/mol. The van der Waals surface area contributed by atoms with Crippen molar-refractivity contribution >= 4 is 11.9 Å². The molecular formula is C13H22N2O3. The van der Waals surface area contributed by atoms with E-state index >= 15 is 0 Å². The second-order valence-corrected chi connectivity index (χ2v) is 5.42. The number of hydrogen-bond donors (Lipinski definition) is 3. The fourth-order valence-corrected chi connectivity index (χ4v) is 3.06. The smallest absolute Gasteiger partial charge is 0.306 e. The Hall–Kier alpha value is -1.10. The highest BCUT2D eigenvalue weighted by Crippen LogP contribution is 2.31. The van der Waals surface area contributed by atoms with Crippen molar-refractivity contribution in [2.24, 2.45) is 17.8 Å². The van der Waals surface area contributed by atoms with Gasteiger partial charge < -0.3 is 15.7 Å². The first kappa shape index (κ1) is 13.3. The third-order valence-corrected chi connectivity index (χ3v) is 4.18. The second kappa shape index (κ2) is 6.18. The molecule has 0 aromatic heterocycles. The van der Waals surface area contributed by atoms with Gasteiger partial charge in [0.1, 0.15) is 0 Å². The molecule has 5 heteroatoms. The van der Waals surface area contributed by atoms with Crippen LogP contribution in [-0.4, -0.2) is 36.6 Å². The van der Waals surface area contributed by atoms with E-state index in [1.54, 1.807) is 0 Å². The first-order valence-electron chi connectivity index (χ1n) is 6.89. The van der Waals surface area contributed by atoms with Gasteiger partial charge in [-0.15, -0.1) is 0 Å². The molecule has 5 nitrogen and oxygen atoms in total. The summed E-state index contributed by atoms with van der Waals surface area (Å²) < 4.78 is 0. The second-order valence-electron chi connectivity index (χ2n) is 5.42. The molecule has 1 heterocycles. The SMILES string of the molecule is O=C(NCC1CCCC1C(=O)O)C1CCCNC1. The van der Waals surface area contributed by atoms with E-state index < -0.39 is 5.97 Å². The summed E-state index contributed by atoms with van der Waals surface area (Å²) in [4.78, 5) is 23.0. The lowest BCUT2D eigenvalue weighted by Gasteiger charge is -2.23. The van der Waals surface area contributed by atoms with Gasteiger partial charge in [0, 0.05) is 13.1 Å². The Kier molecular flexibility index (Phi) is 4.58. The van der Waals surface area contributed by atoms with Crippen molar-refractivity contribution in [1.29, 1.82) is 0 Å². The Morgan fingerprint density at radius 3 is 2.72 bits per heavy atom. The maximum absolute atomic E-state index is 11.9. The summed E-state index contributed by atoms with van der Waals surface area (Å²) in [6, 6.07) is 0. The predicted octanol–water partition coefficient (Wildman–Crippen LogP) is 0.603. The lowest BCUT2D eigenvalue weighted by Crippen LogP contribution is -2.42. The third kappa shape index (κ3) is 3.22. The number of amides is 1. The monoisotopic (exact) mass is 254 g/mol. The molecule has 2 fully saturated rings. The Bertz CT molecular complexity index is 313. The maximum atomic E-state index is 11.9. The lowest BCUT2D eigenvalue weighted by atomic mass is 9.95. The van der Waals surface area contributed by atoms with E-state index in [1.165, 1.54) is 0 Å². The molecule has 18 heavy (non-hydrogen) atoms. The van der Waals surface area contributed by atoms with Crippen LogP contribution < -0.4 is 10.6 Å². The highest BCUT2D eigenvalue weighted by atomic mass is 16.4. The van der Waals surface area contributed by atoms with Crippen molar-refractivity contribution in [3.05, 3.63) is 0 Å². The minimum atomic E-state index is -0.717. The van der Waals surface area contributed by atoms with E-state index in [9.17, 15) is 9.59 Å². The molecule has 102 valence electrons. The summed E-state index contributed by atoms with van der Waals surface area (Å²) in [5, 5.41) is 15.2. The van der Waals surface area contributed by atoms with Crippen LogP contribution in [0, 0.1) is 17.8 Å². The fourth-order valence-electron chi connectivity index (χ4n) is 3.06. The highest BCUT2D eigenvalue weighted by molar-refractivity contribution is 5.79. The van der Waals surface area contributed by atoms with Crippen molar-refractivity contribution < 1.29 is 14.7 Å². The van der Waals surface area contributed by atoms with E-state index in [0.29, 0.717) is 6.54 Å². The molecule has 0 aromatic carbocycles. The van der Waals surface area contributed by atoms with E-state index in [2.05, 4.69) is 10.6 Å². The molecule has 0 radical (unpaired) electrons. The predicted molar refractivity (Wildman–Crippen MR) is 67.1 cm³/mol. The summed E-state index contributed by atoms with van der Waals surface area (Å²) in [7, 11) is 0. The fraction of sp³-hybridized carbons (Fsp3) is 0.846. The lowest BCUT2D eigenvalue weighted by molar-refractivity contribution is -0.143. The van der Waals surface area contributed by atoms with Gasteiger partial charge >= 0.3 is 5.97 Å². The highest BCUT2D eigenvalue weighted by Gasteiger charge is 2.33. The van der Waals surface area contributed by atoms with Crippen molar-refractivity contribution in [3.63, 3.8) is 0 Å². The number of carbonyl (C=O) groups excluding carboxylic acids is 1. The minimum Gasteiger partial charge on any atom is -0.481 e. The van der Waals surface area contributed by atoms with Crippen molar-refractivity contribution in [3.8, 4) is 0 Å². The summed E-state index contributed by atoms with van der Waals surface area (Å²) >= 11 is 0. The number of carboxylic acids is 1. The molecule has 2 rings (SSSR count). The molecule has 1 saturated carbocycles. The average Bonchev–Trinajstić information content (AvgIpc) is 2.85. The molecule has 0 spiro atoms. The normalized spacial score (nSPS) is 32.1. The standard InChI is InChI=1S/C13H22N2O3/c16-12(10-4-2-6-14-7-10)15-8-9-3-1-5-11(9)13(17)18/h9-11,14H,1-8H2,(H,15,16)(H,17,18). The van der Waals surface area contributed by atoms with E-state index in [0.717, 1.165) is 45.2 Å². The zero-order chi connectivity index (χ0) is 13.0. The van der Waals surface area contributed by atoms with Crippen molar-refractivity contribution in [1.82, 2.24) is 10.6 Å². The number of carboxylic acid groups (broad SMARTS) is 1. The summed E-state index contributed by atoms with van der Waals surface area (Å²) in [5.74, 6) is -0.731. The number of carbonyl (C=O) groups is 2. The number of nitrogens with one attached hydrogen (secondary N) is 2. The Balaban J connectivity index is 1.76. The molecule has 0 bridgehead atoms. The van der Waals surface area contributed by atoms with Crippen molar-refractivity contribution in [2.45, 2.75) is 32.1 Å². The van der Waals surface area contributed by atoms with Crippen LogP contribution in [0.3, 0.4) is 0 Å². The molecule has 0 aromatic rings.